The lowest BCUT2D eigenvalue weighted by Crippen LogP contribution is -2.54. The molecule has 4 saturated carbocycles. The highest BCUT2D eigenvalue weighted by atomic mass is 16.1. The number of nitrogen functional groups attached to an aromatic ring is 1. The number of nitrogens with zero attached hydrogens (tertiary/aromatic N) is 1. The Morgan fingerprint density at radius 3 is 2.12 bits per heavy atom. The molecule has 5 rings (SSSR count). The molecule has 3 N–H and O–H groups in total. The number of hydrogen-bond acceptors (Lipinski definition) is 2. The number of aromatic nitrogens is 2. The quantitative estimate of drug-likeness (QED) is 0.775. The number of H-pyrrole nitrogens is 1. The molecule has 17 heavy (non-hydrogen) atoms. The van der Waals surface area contributed by atoms with Gasteiger partial charge in [0.1, 0.15) is 5.69 Å². The van der Waals surface area contributed by atoms with Crippen molar-refractivity contribution >= 4 is 5.69 Å². The van der Waals surface area contributed by atoms with Crippen molar-refractivity contribution in [3.05, 3.63) is 16.6 Å². The first-order valence-corrected chi connectivity index (χ1v) is 6.73. The van der Waals surface area contributed by atoms with Crippen LogP contribution in [-0.2, 0) is 5.54 Å². The second-order valence-electron chi connectivity index (χ2n) is 6.51. The van der Waals surface area contributed by atoms with Crippen LogP contribution in [-0.4, -0.2) is 9.78 Å². The zero-order valence-electron chi connectivity index (χ0n) is 9.98. The number of nitrogens with one attached hydrogen (secondary N) is 1. The predicted octanol–water partition coefficient (Wildman–Crippen LogP) is 1.68. The molecule has 0 radical (unpaired) electrons. The van der Waals surface area contributed by atoms with Crippen molar-refractivity contribution in [2.45, 2.75) is 44.1 Å². The summed E-state index contributed by atoms with van der Waals surface area (Å²) in [5.74, 6) is 2.54. The van der Waals surface area contributed by atoms with Gasteiger partial charge in [-0.1, -0.05) is 0 Å². The van der Waals surface area contributed by atoms with Crippen molar-refractivity contribution in [3.8, 4) is 0 Å². The predicted molar refractivity (Wildman–Crippen MR) is 65.6 cm³/mol. The molecule has 0 atom stereocenters. The van der Waals surface area contributed by atoms with Crippen LogP contribution in [0.1, 0.15) is 38.5 Å². The lowest BCUT2D eigenvalue weighted by molar-refractivity contribution is -0.0509. The van der Waals surface area contributed by atoms with Crippen LogP contribution in [0, 0.1) is 17.8 Å². The van der Waals surface area contributed by atoms with Gasteiger partial charge in [0.15, 0.2) is 0 Å². The Balaban J connectivity index is 1.82. The molecule has 0 aromatic carbocycles. The van der Waals surface area contributed by atoms with Gasteiger partial charge in [0.05, 0.1) is 5.54 Å². The zero-order valence-corrected chi connectivity index (χ0v) is 9.98. The van der Waals surface area contributed by atoms with Gasteiger partial charge in [-0.2, -0.15) is 0 Å². The lowest BCUT2D eigenvalue weighted by Gasteiger charge is -2.56. The van der Waals surface area contributed by atoms with E-state index < -0.39 is 0 Å². The maximum absolute atomic E-state index is 12.1. The van der Waals surface area contributed by atoms with Crippen LogP contribution in [0.15, 0.2) is 11.0 Å². The fraction of sp³-hybridized carbons (Fsp3) is 0.769. The largest absolute Gasteiger partial charge is 0.393 e. The summed E-state index contributed by atoms with van der Waals surface area (Å²) in [5.41, 5.74) is 6.12. The van der Waals surface area contributed by atoms with Crippen molar-refractivity contribution < 1.29 is 0 Å². The van der Waals surface area contributed by atoms with Crippen molar-refractivity contribution in [2.24, 2.45) is 17.8 Å². The maximum atomic E-state index is 12.1. The van der Waals surface area contributed by atoms with Gasteiger partial charge in [0, 0.05) is 6.20 Å². The molecule has 1 aromatic rings. The Bertz CT molecular complexity index is 478. The van der Waals surface area contributed by atoms with E-state index in [1.165, 1.54) is 38.5 Å². The van der Waals surface area contributed by atoms with Crippen LogP contribution in [0.4, 0.5) is 5.69 Å². The minimum atomic E-state index is -0.00745. The van der Waals surface area contributed by atoms with Crippen molar-refractivity contribution in [2.75, 3.05) is 5.73 Å². The average molecular weight is 233 g/mol. The Kier molecular flexibility index (Phi) is 1.72. The summed E-state index contributed by atoms with van der Waals surface area (Å²) >= 11 is 0. The molecule has 0 amide bonds. The van der Waals surface area contributed by atoms with E-state index >= 15 is 0 Å². The third kappa shape index (κ3) is 1.21. The molecular formula is C13H19N3O. The molecular weight excluding hydrogens is 214 g/mol. The van der Waals surface area contributed by atoms with Crippen LogP contribution >= 0.6 is 0 Å². The van der Waals surface area contributed by atoms with E-state index in [-0.39, 0.29) is 11.1 Å². The molecule has 4 heteroatoms. The minimum absolute atomic E-state index is 0.00745. The van der Waals surface area contributed by atoms with Crippen LogP contribution in [0.3, 0.4) is 0 Å². The molecule has 0 saturated heterocycles. The minimum Gasteiger partial charge on any atom is -0.393 e. The van der Waals surface area contributed by atoms with Gasteiger partial charge in [-0.05, 0) is 56.3 Å². The highest BCUT2D eigenvalue weighted by Gasteiger charge is 2.52. The van der Waals surface area contributed by atoms with Crippen LogP contribution in [0.25, 0.3) is 0 Å². The molecule has 4 aliphatic carbocycles. The van der Waals surface area contributed by atoms with E-state index in [4.69, 9.17) is 5.73 Å². The van der Waals surface area contributed by atoms with Gasteiger partial charge in [0.25, 0.3) is 5.56 Å². The zero-order chi connectivity index (χ0) is 11.6. The van der Waals surface area contributed by atoms with Gasteiger partial charge >= 0.3 is 0 Å². The highest BCUT2D eigenvalue weighted by Crippen LogP contribution is 2.58. The Labute approximate surface area is 100 Å². The summed E-state index contributed by atoms with van der Waals surface area (Å²) in [7, 11) is 0. The number of hydrogen-bond donors (Lipinski definition) is 2. The van der Waals surface area contributed by atoms with Crippen molar-refractivity contribution in [1.29, 1.82) is 0 Å². The van der Waals surface area contributed by atoms with E-state index in [2.05, 4.69) is 5.10 Å². The molecule has 1 heterocycles. The number of aromatic amines is 1. The highest BCUT2D eigenvalue weighted by molar-refractivity contribution is 5.31. The monoisotopic (exact) mass is 233 g/mol. The molecule has 4 bridgehead atoms. The number of anilines is 1. The maximum Gasteiger partial charge on any atom is 0.290 e. The summed E-state index contributed by atoms with van der Waals surface area (Å²) < 4.78 is 1.85. The summed E-state index contributed by atoms with van der Waals surface area (Å²) in [6, 6.07) is 0. The van der Waals surface area contributed by atoms with Crippen molar-refractivity contribution in [3.63, 3.8) is 0 Å². The molecule has 0 spiro atoms. The topological polar surface area (TPSA) is 63.8 Å². The van der Waals surface area contributed by atoms with E-state index in [0.717, 1.165) is 17.8 Å². The van der Waals surface area contributed by atoms with E-state index in [9.17, 15) is 4.79 Å². The molecule has 4 aliphatic rings. The SMILES string of the molecule is Nc1c[nH]n(C23CC4CC(CC(C4)C2)C3)c1=O. The van der Waals surface area contributed by atoms with Crippen LogP contribution < -0.4 is 11.3 Å². The lowest BCUT2D eigenvalue weighted by atomic mass is 9.53. The molecule has 1 aromatic heterocycles. The second-order valence-corrected chi connectivity index (χ2v) is 6.51. The molecule has 0 unspecified atom stereocenters. The smallest absolute Gasteiger partial charge is 0.290 e. The summed E-state index contributed by atoms with van der Waals surface area (Å²) in [4.78, 5) is 12.1. The van der Waals surface area contributed by atoms with Gasteiger partial charge in [0.2, 0.25) is 0 Å². The first-order chi connectivity index (χ1) is 8.16. The number of rotatable bonds is 1. The van der Waals surface area contributed by atoms with E-state index in [1.54, 1.807) is 6.20 Å². The summed E-state index contributed by atoms with van der Waals surface area (Å²) in [5, 5.41) is 3.11. The Morgan fingerprint density at radius 1 is 1.18 bits per heavy atom. The number of nitrogens with two attached hydrogens (primary N) is 1. The average Bonchev–Trinajstić information content (AvgIpc) is 2.58. The van der Waals surface area contributed by atoms with Gasteiger partial charge < -0.3 is 10.8 Å². The Hall–Kier alpha value is -1.19. The standard InChI is InChI=1S/C13H19N3O/c14-11-7-15-16(12(11)17)13-4-8-1-9(5-13)3-10(2-8)6-13/h7-10,15H,1-6,14H2. The fourth-order valence-corrected chi connectivity index (χ4v) is 5.07. The summed E-state index contributed by atoms with van der Waals surface area (Å²) in [6.45, 7) is 0. The van der Waals surface area contributed by atoms with Gasteiger partial charge in [-0.3, -0.25) is 4.79 Å². The first kappa shape index (κ1) is 9.80. The fourth-order valence-electron chi connectivity index (χ4n) is 5.07. The van der Waals surface area contributed by atoms with E-state index in [0.29, 0.717) is 5.69 Å². The molecule has 0 aliphatic heterocycles. The normalized spacial score (nSPS) is 43.2. The third-order valence-corrected chi connectivity index (χ3v) is 5.28. The van der Waals surface area contributed by atoms with Crippen LogP contribution in [0.5, 0.6) is 0 Å². The molecule has 4 fully saturated rings. The van der Waals surface area contributed by atoms with Crippen LogP contribution in [0.2, 0.25) is 0 Å². The third-order valence-electron chi connectivity index (χ3n) is 5.28. The van der Waals surface area contributed by atoms with Crippen molar-refractivity contribution in [1.82, 2.24) is 9.78 Å². The van der Waals surface area contributed by atoms with Gasteiger partial charge in [-0.15, -0.1) is 0 Å². The first-order valence-electron chi connectivity index (χ1n) is 6.73. The van der Waals surface area contributed by atoms with Gasteiger partial charge in [-0.25, -0.2) is 4.68 Å². The Morgan fingerprint density at radius 2 is 1.71 bits per heavy atom. The summed E-state index contributed by atoms with van der Waals surface area (Å²) in [6.07, 6.45) is 9.37. The molecule has 4 nitrogen and oxygen atoms in total. The van der Waals surface area contributed by atoms with E-state index in [1.807, 2.05) is 4.68 Å². The second kappa shape index (κ2) is 2.98. The molecule has 92 valence electrons.